The highest BCUT2D eigenvalue weighted by atomic mass is 35.5. The number of carbonyl (C=O) groups excluding carboxylic acids is 2. The van der Waals surface area contributed by atoms with E-state index in [9.17, 15) is 14.7 Å². The van der Waals surface area contributed by atoms with Crippen molar-refractivity contribution in [2.45, 2.75) is 65.6 Å². The molecule has 1 aliphatic rings. The van der Waals surface area contributed by atoms with Gasteiger partial charge in [-0.05, 0) is 73.4 Å². The fourth-order valence-corrected chi connectivity index (χ4v) is 5.43. The molecule has 42 heavy (non-hydrogen) atoms. The number of carbonyl (C=O) groups is 2. The third-order valence-electron chi connectivity index (χ3n) is 7.88. The first-order chi connectivity index (χ1) is 19.8. The zero-order valence-electron chi connectivity index (χ0n) is 25.4. The minimum atomic E-state index is -0.930. The lowest BCUT2D eigenvalue weighted by atomic mass is 9.76. The summed E-state index contributed by atoms with van der Waals surface area (Å²) in [5, 5.41) is 16.2. The molecule has 0 bridgehead atoms. The van der Waals surface area contributed by atoms with Crippen LogP contribution in [0.15, 0.2) is 60.7 Å². The summed E-state index contributed by atoms with van der Waals surface area (Å²) in [7, 11) is 2.76. The van der Waals surface area contributed by atoms with E-state index in [4.69, 9.17) is 21.1 Å². The molecule has 1 aromatic heterocycles. The lowest BCUT2D eigenvalue weighted by Crippen LogP contribution is -2.46. The van der Waals surface area contributed by atoms with Crippen LogP contribution in [0.25, 0.3) is 6.08 Å². The van der Waals surface area contributed by atoms with Gasteiger partial charge in [0.15, 0.2) is 0 Å². The number of aryl methyl sites for hydroxylation is 2. The number of hydrogen-bond donors (Lipinski definition) is 1. The number of amides is 1. The second-order valence-corrected chi connectivity index (χ2v) is 11.6. The number of aromatic nitrogens is 3. The van der Waals surface area contributed by atoms with Gasteiger partial charge in [0.25, 0.3) is 5.91 Å². The first-order valence-electron chi connectivity index (χ1n) is 13.8. The average Bonchev–Trinajstić information content (AvgIpc) is 3.53. The molecule has 0 radical (unpaired) electrons. The maximum Gasteiger partial charge on any atom is 0.328 e. The summed E-state index contributed by atoms with van der Waals surface area (Å²) in [6.45, 7) is 9.98. The van der Waals surface area contributed by atoms with Crippen molar-refractivity contribution < 1.29 is 24.2 Å². The summed E-state index contributed by atoms with van der Waals surface area (Å²) in [5.74, 6) is -0.736. The van der Waals surface area contributed by atoms with Gasteiger partial charge in [-0.2, -0.15) is 5.10 Å². The second-order valence-electron chi connectivity index (χ2n) is 11.2. The number of anilines is 1. The van der Waals surface area contributed by atoms with E-state index in [1.54, 1.807) is 17.9 Å². The molecule has 10 heteroatoms. The smallest absolute Gasteiger partial charge is 0.328 e. The maximum absolute atomic E-state index is 12.3. The lowest BCUT2D eigenvalue weighted by Gasteiger charge is -2.37. The molecule has 2 aromatic carbocycles. The molecule has 4 rings (SSSR count). The van der Waals surface area contributed by atoms with Crippen molar-refractivity contribution in [1.29, 1.82) is 0 Å². The van der Waals surface area contributed by atoms with Crippen molar-refractivity contribution in [3.8, 4) is 0 Å². The summed E-state index contributed by atoms with van der Waals surface area (Å²) in [5.41, 5.74) is 3.52. The Balaban J connectivity index is 0.000000232. The first kappa shape index (κ1) is 33.0. The third kappa shape index (κ3) is 7.45. The summed E-state index contributed by atoms with van der Waals surface area (Å²) >= 11 is 5.94. The molecule has 1 heterocycles. The quantitative estimate of drug-likeness (QED) is 0.346. The Morgan fingerprint density at radius 2 is 1.79 bits per heavy atom. The lowest BCUT2D eigenvalue weighted by molar-refractivity contribution is -0.143. The Kier molecular flexibility index (Phi) is 11.1. The highest BCUT2D eigenvalue weighted by Gasteiger charge is 2.51. The van der Waals surface area contributed by atoms with Crippen LogP contribution in [0.5, 0.6) is 0 Å². The number of aliphatic hydroxyl groups is 1. The fourth-order valence-electron chi connectivity index (χ4n) is 5.30. The fraction of sp³-hybridized carbons (Fsp3) is 0.438. The van der Waals surface area contributed by atoms with E-state index >= 15 is 0 Å². The molecule has 1 saturated carbocycles. The monoisotopic (exact) mass is 596 g/mol. The molecule has 9 nitrogen and oxygen atoms in total. The van der Waals surface area contributed by atoms with Gasteiger partial charge in [0.2, 0.25) is 0 Å². The average molecular weight is 597 g/mol. The maximum atomic E-state index is 12.3. The molecule has 0 saturated heterocycles. The Labute approximate surface area is 253 Å². The number of para-hydroxylation sites is 1. The van der Waals surface area contributed by atoms with Gasteiger partial charge in [0, 0.05) is 12.1 Å². The number of hydrogen-bond acceptors (Lipinski definition) is 7. The van der Waals surface area contributed by atoms with Crippen LogP contribution in [0.2, 0.25) is 5.02 Å². The normalized spacial score (nSPS) is 19.1. The number of rotatable bonds is 8. The Bertz CT molecular complexity index is 1370. The van der Waals surface area contributed by atoms with Crippen LogP contribution in [-0.4, -0.2) is 64.2 Å². The molecule has 1 aliphatic carbocycles. The number of esters is 1. The van der Waals surface area contributed by atoms with Crippen LogP contribution in [-0.2, 0) is 25.6 Å². The van der Waals surface area contributed by atoms with Crippen LogP contribution in [0.3, 0.4) is 0 Å². The van der Waals surface area contributed by atoms with Crippen LogP contribution in [0.1, 0.15) is 50.3 Å². The molecule has 0 spiro atoms. The van der Waals surface area contributed by atoms with Crippen molar-refractivity contribution >= 4 is 35.2 Å². The third-order valence-corrected chi connectivity index (χ3v) is 8.14. The number of methoxy groups -OCH3 is 2. The van der Waals surface area contributed by atoms with E-state index in [2.05, 4.69) is 30.0 Å². The SMILES string of the molecule is CC1(C)CC/C(=C\c2ccc(Cl)cc2)C1(O)Cn1cncn1.COCC(=O)N(c1c(C)cccc1C)[C@H](C)C(=O)OC. The van der Waals surface area contributed by atoms with E-state index in [0.717, 1.165) is 40.8 Å². The van der Waals surface area contributed by atoms with Gasteiger partial charge in [0.05, 0.1) is 19.3 Å². The van der Waals surface area contributed by atoms with Gasteiger partial charge in [-0.1, -0.05) is 61.9 Å². The van der Waals surface area contributed by atoms with Crippen LogP contribution < -0.4 is 4.90 Å². The molecular formula is C32H41ClN4O5. The van der Waals surface area contributed by atoms with Gasteiger partial charge in [-0.15, -0.1) is 0 Å². The molecule has 1 unspecified atom stereocenters. The second kappa shape index (κ2) is 14.1. The minimum Gasteiger partial charge on any atom is -0.467 e. The molecule has 0 aliphatic heterocycles. The Morgan fingerprint density at radius 1 is 1.14 bits per heavy atom. The number of ether oxygens (including phenoxy) is 2. The Morgan fingerprint density at radius 3 is 2.33 bits per heavy atom. The van der Waals surface area contributed by atoms with Gasteiger partial charge in [-0.3, -0.25) is 9.69 Å². The number of nitrogens with zero attached hydrogens (tertiary/aromatic N) is 4. The van der Waals surface area contributed by atoms with Crippen LogP contribution in [0.4, 0.5) is 5.69 Å². The largest absolute Gasteiger partial charge is 0.467 e. The molecular weight excluding hydrogens is 556 g/mol. The van der Waals surface area contributed by atoms with Crippen LogP contribution >= 0.6 is 11.6 Å². The summed E-state index contributed by atoms with van der Waals surface area (Å²) < 4.78 is 11.4. The van der Waals surface area contributed by atoms with Crippen molar-refractivity contribution in [3.05, 3.63) is 82.4 Å². The van der Waals surface area contributed by atoms with Crippen molar-refractivity contribution in [1.82, 2.24) is 14.8 Å². The van der Waals surface area contributed by atoms with Crippen molar-refractivity contribution in [3.63, 3.8) is 0 Å². The van der Waals surface area contributed by atoms with Crippen molar-refractivity contribution in [2.24, 2.45) is 5.41 Å². The summed E-state index contributed by atoms with van der Waals surface area (Å²) in [4.78, 5) is 29.5. The van der Waals surface area contributed by atoms with E-state index < -0.39 is 17.6 Å². The van der Waals surface area contributed by atoms with Crippen LogP contribution in [0, 0.1) is 19.3 Å². The highest BCUT2D eigenvalue weighted by Crippen LogP contribution is 2.50. The Hall–Kier alpha value is -3.53. The van der Waals surface area contributed by atoms with Gasteiger partial charge in [-0.25, -0.2) is 14.5 Å². The zero-order chi connectivity index (χ0) is 31.1. The molecule has 226 valence electrons. The number of benzene rings is 2. The minimum absolute atomic E-state index is 0.0882. The standard InChI is InChI=1S/C17H20ClN3O.C15H21NO4/c1-16(2)8-7-14(9-13-3-5-15(18)6-4-13)17(16,22)10-21-12-19-11-20-21;1-10-7-6-8-11(2)14(10)16(13(17)9-19-4)12(3)15(18)20-5/h3-6,9,11-12,22H,7-8,10H2,1-2H3;6-8,12H,9H2,1-5H3/b14-9+;/t;12-/m.1/s1. The molecule has 1 fully saturated rings. The molecule has 1 amide bonds. The van der Waals surface area contributed by atoms with Crippen molar-refractivity contribution in [2.75, 3.05) is 25.7 Å². The predicted molar refractivity (Wildman–Crippen MR) is 164 cm³/mol. The number of halogens is 1. The van der Waals surface area contributed by atoms with E-state index in [1.165, 1.54) is 25.4 Å². The van der Waals surface area contributed by atoms with Gasteiger partial charge < -0.3 is 14.6 Å². The molecule has 3 aromatic rings. The zero-order valence-corrected chi connectivity index (χ0v) is 26.2. The summed E-state index contributed by atoms with van der Waals surface area (Å²) in [6.07, 6.45) is 7.03. The first-order valence-corrected chi connectivity index (χ1v) is 14.2. The van der Waals surface area contributed by atoms with Gasteiger partial charge in [0.1, 0.15) is 30.9 Å². The topological polar surface area (TPSA) is 107 Å². The molecule has 2 atom stereocenters. The van der Waals surface area contributed by atoms with Gasteiger partial charge >= 0.3 is 5.97 Å². The molecule has 1 N–H and O–H groups in total. The highest BCUT2D eigenvalue weighted by molar-refractivity contribution is 6.30. The van der Waals surface area contributed by atoms with E-state index in [1.807, 2.05) is 56.3 Å². The van der Waals surface area contributed by atoms with E-state index in [0.29, 0.717) is 11.6 Å². The summed E-state index contributed by atoms with van der Waals surface area (Å²) in [6, 6.07) is 12.7. The predicted octanol–water partition coefficient (Wildman–Crippen LogP) is 5.41. The van der Waals surface area contributed by atoms with E-state index in [-0.39, 0.29) is 17.9 Å².